The van der Waals surface area contributed by atoms with Crippen LogP contribution in [0.1, 0.15) is 59.4 Å². The topological polar surface area (TPSA) is 66.9 Å². The summed E-state index contributed by atoms with van der Waals surface area (Å²) in [7, 11) is 0. The van der Waals surface area contributed by atoms with E-state index in [1.54, 1.807) is 6.07 Å². The normalized spacial score (nSPS) is 15.0. The molecule has 2 aromatic rings. The SMILES string of the molecule is Cc1ccc(C)c(Nc2nc(C)cc(C(=O)NC3CCCCC3)n2)c1. The minimum atomic E-state index is -0.110. The van der Waals surface area contributed by atoms with Crippen molar-refractivity contribution >= 4 is 17.5 Å². The molecule has 1 heterocycles. The van der Waals surface area contributed by atoms with Crippen molar-refractivity contribution in [3.63, 3.8) is 0 Å². The van der Waals surface area contributed by atoms with Crippen LogP contribution in [0.4, 0.5) is 11.6 Å². The van der Waals surface area contributed by atoms with Crippen molar-refractivity contribution in [2.24, 2.45) is 0 Å². The van der Waals surface area contributed by atoms with Crippen LogP contribution < -0.4 is 10.6 Å². The third kappa shape index (κ3) is 4.56. The predicted octanol–water partition coefficient (Wildman–Crippen LogP) is 4.21. The first-order chi connectivity index (χ1) is 12.0. The van der Waals surface area contributed by atoms with Gasteiger partial charge in [0.25, 0.3) is 5.91 Å². The molecule has 5 heteroatoms. The van der Waals surface area contributed by atoms with E-state index in [9.17, 15) is 4.79 Å². The van der Waals surface area contributed by atoms with Crippen molar-refractivity contribution in [2.75, 3.05) is 5.32 Å². The second kappa shape index (κ2) is 7.64. The van der Waals surface area contributed by atoms with E-state index in [0.29, 0.717) is 11.6 Å². The maximum Gasteiger partial charge on any atom is 0.270 e. The van der Waals surface area contributed by atoms with Crippen LogP contribution in [0.3, 0.4) is 0 Å². The van der Waals surface area contributed by atoms with E-state index in [2.05, 4.69) is 38.8 Å². The van der Waals surface area contributed by atoms with Gasteiger partial charge in [-0.15, -0.1) is 0 Å². The maximum atomic E-state index is 12.6. The fraction of sp³-hybridized carbons (Fsp3) is 0.450. The largest absolute Gasteiger partial charge is 0.348 e. The molecule has 1 saturated carbocycles. The lowest BCUT2D eigenvalue weighted by Crippen LogP contribution is -2.36. The highest BCUT2D eigenvalue weighted by Crippen LogP contribution is 2.21. The lowest BCUT2D eigenvalue weighted by Gasteiger charge is -2.22. The highest BCUT2D eigenvalue weighted by molar-refractivity contribution is 5.92. The molecule has 0 unspecified atom stereocenters. The molecule has 0 aliphatic heterocycles. The van der Waals surface area contributed by atoms with Gasteiger partial charge in [-0.1, -0.05) is 31.4 Å². The van der Waals surface area contributed by atoms with Gasteiger partial charge in [-0.2, -0.15) is 0 Å². The van der Waals surface area contributed by atoms with E-state index in [0.717, 1.165) is 35.3 Å². The van der Waals surface area contributed by atoms with Gasteiger partial charge in [0.2, 0.25) is 5.95 Å². The Morgan fingerprint density at radius 1 is 1.04 bits per heavy atom. The van der Waals surface area contributed by atoms with Crippen LogP contribution in [-0.2, 0) is 0 Å². The Hall–Kier alpha value is -2.43. The zero-order valence-corrected chi connectivity index (χ0v) is 15.2. The molecular formula is C20H26N4O. The van der Waals surface area contributed by atoms with Crippen LogP contribution in [0.2, 0.25) is 0 Å². The van der Waals surface area contributed by atoms with Gasteiger partial charge < -0.3 is 10.6 Å². The van der Waals surface area contributed by atoms with Gasteiger partial charge in [-0.05, 0) is 56.9 Å². The summed E-state index contributed by atoms with van der Waals surface area (Å²) >= 11 is 0. The smallest absolute Gasteiger partial charge is 0.270 e. The van der Waals surface area contributed by atoms with Gasteiger partial charge in [-0.25, -0.2) is 9.97 Å². The Kier molecular flexibility index (Phi) is 5.31. The van der Waals surface area contributed by atoms with Crippen LogP contribution in [0.5, 0.6) is 0 Å². The Balaban J connectivity index is 1.77. The summed E-state index contributed by atoms with van der Waals surface area (Å²) in [6.45, 7) is 5.96. The lowest BCUT2D eigenvalue weighted by atomic mass is 9.95. The summed E-state index contributed by atoms with van der Waals surface area (Å²) in [6.07, 6.45) is 5.76. The lowest BCUT2D eigenvalue weighted by molar-refractivity contribution is 0.0922. The van der Waals surface area contributed by atoms with Gasteiger partial charge in [0.1, 0.15) is 5.69 Å². The highest BCUT2D eigenvalue weighted by Gasteiger charge is 2.18. The molecule has 2 N–H and O–H groups in total. The summed E-state index contributed by atoms with van der Waals surface area (Å²) in [6, 6.07) is 8.20. The molecule has 1 fully saturated rings. The second-order valence-corrected chi connectivity index (χ2v) is 6.97. The van der Waals surface area contributed by atoms with Crippen molar-refractivity contribution in [3.8, 4) is 0 Å². The number of aromatic nitrogens is 2. The van der Waals surface area contributed by atoms with Crippen molar-refractivity contribution in [3.05, 3.63) is 46.8 Å². The molecule has 0 bridgehead atoms. The number of hydrogen-bond acceptors (Lipinski definition) is 4. The number of rotatable bonds is 4. The van der Waals surface area contributed by atoms with E-state index >= 15 is 0 Å². The molecular weight excluding hydrogens is 312 g/mol. The number of nitrogens with zero attached hydrogens (tertiary/aromatic N) is 2. The summed E-state index contributed by atoms with van der Waals surface area (Å²) in [5, 5.41) is 6.37. The van der Waals surface area contributed by atoms with Crippen molar-refractivity contribution in [2.45, 2.75) is 58.9 Å². The standard InChI is InChI=1S/C20H26N4O/c1-13-9-10-14(2)17(11-13)23-20-21-15(3)12-18(24-20)19(25)22-16-7-5-4-6-8-16/h9-12,16H,4-8H2,1-3H3,(H,22,25)(H,21,23,24). The van der Waals surface area contributed by atoms with E-state index in [1.165, 1.54) is 19.3 Å². The highest BCUT2D eigenvalue weighted by atomic mass is 16.1. The van der Waals surface area contributed by atoms with Gasteiger partial charge in [0.05, 0.1) is 0 Å². The minimum absolute atomic E-state index is 0.110. The molecule has 132 valence electrons. The first-order valence-electron chi connectivity index (χ1n) is 9.02. The quantitative estimate of drug-likeness (QED) is 0.876. The number of hydrogen-bond donors (Lipinski definition) is 2. The second-order valence-electron chi connectivity index (χ2n) is 6.97. The molecule has 1 aromatic heterocycles. The monoisotopic (exact) mass is 338 g/mol. The van der Waals surface area contributed by atoms with Crippen LogP contribution in [-0.4, -0.2) is 21.9 Å². The molecule has 5 nitrogen and oxygen atoms in total. The van der Waals surface area contributed by atoms with Gasteiger partial charge in [0.15, 0.2) is 0 Å². The van der Waals surface area contributed by atoms with Crippen molar-refractivity contribution in [1.82, 2.24) is 15.3 Å². The van der Waals surface area contributed by atoms with Crippen molar-refractivity contribution in [1.29, 1.82) is 0 Å². The molecule has 0 saturated heterocycles. The van der Waals surface area contributed by atoms with Crippen LogP contribution in [0.25, 0.3) is 0 Å². The number of benzene rings is 1. The zero-order chi connectivity index (χ0) is 17.8. The minimum Gasteiger partial charge on any atom is -0.348 e. The number of amides is 1. The third-order valence-electron chi connectivity index (χ3n) is 4.67. The number of nitrogens with one attached hydrogen (secondary N) is 2. The number of carbonyl (C=O) groups is 1. The van der Waals surface area contributed by atoms with E-state index in [4.69, 9.17) is 0 Å². The molecule has 0 spiro atoms. The fourth-order valence-corrected chi connectivity index (χ4v) is 3.24. The molecule has 0 atom stereocenters. The average molecular weight is 338 g/mol. The summed E-state index contributed by atoms with van der Waals surface area (Å²) in [4.78, 5) is 21.4. The number of aryl methyl sites for hydroxylation is 3. The van der Waals surface area contributed by atoms with E-state index in [-0.39, 0.29) is 11.9 Å². The van der Waals surface area contributed by atoms with Gasteiger partial charge in [-0.3, -0.25) is 4.79 Å². The molecule has 0 radical (unpaired) electrons. The molecule has 1 amide bonds. The van der Waals surface area contributed by atoms with Gasteiger partial charge in [0, 0.05) is 17.4 Å². The van der Waals surface area contributed by atoms with Crippen molar-refractivity contribution < 1.29 is 4.79 Å². The molecule has 1 aliphatic rings. The summed E-state index contributed by atoms with van der Waals surface area (Å²) in [5.74, 6) is 0.351. The Morgan fingerprint density at radius 2 is 1.80 bits per heavy atom. The maximum absolute atomic E-state index is 12.6. The van der Waals surface area contributed by atoms with E-state index < -0.39 is 0 Å². The third-order valence-corrected chi connectivity index (χ3v) is 4.67. The van der Waals surface area contributed by atoms with Crippen LogP contribution in [0.15, 0.2) is 24.3 Å². The number of carbonyl (C=O) groups excluding carboxylic acids is 1. The predicted molar refractivity (Wildman–Crippen MR) is 100 cm³/mol. The van der Waals surface area contributed by atoms with Crippen LogP contribution >= 0.6 is 0 Å². The average Bonchev–Trinajstić information content (AvgIpc) is 2.58. The fourth-order valence-electron chi connectivity index (χ4n) is 3.24. The zero-order valence-electron chi connectivity index (χ0n) is 15.2. The Morgan fingerprint density at radius 3 is 2.56 bits per heavy atom. The molecule has 3 rings (SSSR count). The molecule has 1 aromatic carbocycles. The summed E-state index contributed by atoms with van der Waals surface area (Å²) in [5.41, 5.74) is 4.44. The summed E-state index contributed by atoms with van der Waals surface area (Å²) < 4.78 is 0. The van der Waals surface area contributed by atoms with Gasteiger partial charge >= 0.3 is 0 Å². The van der Waals surface area contributed by atoms with Crippen LogP contribution in [0, 0.1) is 20.8 Å². The van der Waals surface area contributed by atoms with E-state index in [1.807, 2.05) is 20.8 Å². The number of anilines is 2. The Labute approximate surface area is 149 Å². The first kappa shape index (κ1) is 17.4. The first-order valence-corrected chi connectivity index (χ1v) is 9.02. The molecule has 1 aliphatic carbocycles. The Bertz CT molecular complexity index is 766. The molecule has 25 heavy (non-hydrogen) atoms.